The summed E-state index contributed by atoms with van der Waals surface area (Å²) in [5.74, 6) is 1.12. The molecule has 1 saturated heterocycles. The normalized spacial score (nSPS) is 17.1. The Labute approximate surface area is 152 Å². The third-order valence-corrected chi connectivity index (χ3v) is 4.85. The van der Waals surface area contributed by atoms with Crippen molar-refractivity contribution in [2.45, 2.75) is 32.6 Å². The van der Waals surface area contributed by atoms with Crippen LogP contribution in [0.2, 0.25) is 0 Å². The molecule has 1 aromatic heterocycles. The van der Waals surface area contributed by atoms with Gasteiger partial charge in [-0.15, -0.1) is 0 Å². The van der Waals surface area contributed by atoms with Gasteiger partial charge in [0.1, 0.15) is 0 Å². The number of aromatic nitrogens is 2. The maximum absolute atomic E-state index is 12.5. The third-order valence-electron chi connectivity index (χ3n) is 4.85. The molecule has 0 N–H and O–H groups in total. The molecule has 0 radical (unpaired) electrons. The topological polar surface area (TPSA) is 59.2 Å². The minimum Gasteiger partial charge on any atom is -0.339 e. The molecule has 0 saturated carbocycles. The first-order valence-corrected chi connectivity index (χ1v) is 8.94. The number of nitrogens with zero attached hydrogens (tertiary/aromatic N) is 3. The molecule has 0 spiro atoms. The Morgan fingerprint density at radius 3 is 2.73 bits per heavy atom. The first-order chi connectivity index (χ1) is 12.6. The number of anilines is 1. The van der Waals surface area contributed by atoms with Gasteiger partial charge in [-0.3, -0.25) is 4.79 Å². The van der Waals surface area contributed by atoms with E-state index in [1.807, 2.05) is 43.3 Å². The van der Waals surface area contributed by atoms with E-state index in [2.05, 4.69) is 29.2 Å². The van der Waals surface area contributed by atoms with Gasteiger partial charge in [0, 0.05) is 24.2 Å². The molecule has 2 aromatic carbocycles. The van der Waals surface area contributed by atoms with E-state index in [0.29, 0.717) is 24.7 Å². The lowest BCUT2D eigenvalue weighted by atomic mass is 10.1. The monoisotopic (exact) mass is 347 g/mol. The summed E-state index contributed by atoms with van der Waals surface area (Å²) in [4.78, 5) is 18.8. The van der Waals surface area contributed by atoms with Crippen LogP contribution in [-0.2, 0) is 11.2 Å². The van der Waals surface area contributed by atoms with Crippen molar-refractivity contribution in [2.24, 2.45) is 0 Å². The van der Waals surface area contributed by atoms with Crippen LogP contribution < -0.4 is 4.90 Å². The lowest BCUT2D eigenvalue weighted by Crippen LogP contribution is -2.24. The Morgan fingerprint density at radius 1 is 1.19 bits per heavy atom. The average Bonchev–Trinajstić information content (AvgIpc) is 3.29. The number of rotatable bonds is 4. The van der Waals surface area contributed by atoms with Gasteiger partial charge in [-0.1, -0.05) is 48.5 Å². The van der Waals surface area contributed by atoms with Gasteiger partial charge in [0.05, 0.1) is 5.92 Å². The predicted molar refractivity (Wildman–Crippen MR) is 100 cm³/mol. The molecule has 1 aliphatic rings. The zero-order valence-electron chi connectivity index (χ0n) is 15.0. The van der Waals surface area contributed by atoms with Gasteiger partial charge >= 0.3 is 0 Å². The Bertz CT molecular complexity index is 930. The first kappa shape index (κ1) is 16.5. The minimum absolute atomic E-state index is 0.0702. The molecule has 1 amide bonds. The lowest BCUT2D eigenvalue weighted by molar-refractivity contribution is -0.117. The van der Waals surface area contributed by atoms with Gasteiger partial charge in [-0.2, -0.15) is 4.98 Å². The van der Waals surface area contributed by atoms with Crippen molar-refractivity contribution >= 4 is 11.6 Å². The Hall–Kier alpha value is -2.95. The summed E-state index contributed by atoms with van der Waals surface area (Å²) in [5.41, 5.74) is 4.26. The lowest BCUT2D eigenvalue weighted by Gasteiger charge is -2.16. The highest BCUT2D eigenvalue weighted by molar-refractivity contribution is 5.96. The summed E-state index contributed by atoms with van der Waals surface area (Å²) in [7, 11) is 0. The van der Waals surface area contributed by atoms with Crippen molar-refractivity contribution in [3.05, 3.63) is 65.5 Å². The molecular weight excluding hydrogens is 326 g/mol. The molecule has 5 heteroatoms. The quantitative estimate of drug-likeness (QED) is 0.712. The van der Waals surface area contributed by atoms with E-state index in [9.17, 15) is 4.79 Å². The van der Waals surface area contributed by atoms with Gasteiger partial charge in [0.2, 0.25) is 17.6 Å². The first-order valence-electron chi connectivity index (χ1n) is 8.94. The Kier molecular flexibility index (Phi) is 4.29. The van der Waals surface area contributed by atoms with Gasteiger partial charge in [0.25, 0.3) is 0 Å². The van der Waals surface area contributed by atoms with Crippen molar-refractivity contribution in [1.82, 2.24) is 10.1 Å². The SMILES string of the molecule is CCc1ccc(-c2noc(C3CC(=O)N(c4cccc(C)c4)C3)n2)cc1. The smallest absolute Gasteiger partial charge is 0.232 e. The van der Waals surface area contributed by atoms with E-state index in [0.717, 1.165) is 23.2 Å². The number of hydrogen-bond acceptors (Lipinski definition) is 4. The highest BCUT2D eigenvalue weighted by atomic mass is 16.5. The molecule has 1 atom stereocenters. The second kappa shape index (κ2) is 6.75. The Morgan fingerprint density at radius 2 is 2.00 bits per heavy atom. The molecular formula is C21H21N3O2. The van der Waals surface area contributed by atoms with E-state index in [-0.39, 0.29) is 11.8 Å². The summed E-state index contributed by atoms with van der Waals surface area (Å²) in [6.45, 7) is 4.72. The van der Waals surface area contributed by atoms with Gasteiger partial charge < -0.3 is 9.42 Å². The minimum atomic E-state index is -0.0702. The highest BCUT2D eigenvalue weighted by Crippen LogP contribution is 2.32. The molecule has 26 heavy (non-hydrogen) atoms. The Balaban J connectivity index is 1.53. The molecule has 3 aromatic rings. The molecule has 1 aliphatic heterocycles. The van der Waals surface area contributed by atoms with Crippen LogP contribution in [0.1, 0.15) is 36.3 Å². The second-order valence-electron chi connectivity index (χ2n) is 6.75. The number of aryl methyl sites for hydroxylation is 2. The summed E-state index contributed by atoms with van der Waals surface area (Å²) in [5, 5.41) is 4.11. The van der Waals surface area contributed by atoms with Crippen LogP contribution >= 0.6 is 0 Å². The predicted octanol–water partition coefficient (Wildman–Crippen LogP) is 4.13. The van der Waals surface area contributed by atoms with Crippen LogP contribution in [0.5, 0.6) is 0 Å². The van der Waals surface area contributed by atoms with E-state index in [1.165, 1.54) is 5.56 Å². The van der Waals surface area contributed by atoms with E-state index in [4.69, 9.17) is 4.52 Å². The molecule has 1 fully saturated rings. The van der Waals surface area contributed by atoms with Gasteiger partial charge in [-0.25, -0.2) is 0 Å². The van der Waals surface area contributed by atoms with Crippen LogP contribution in [-0.4, -0.2) is 22.6 Å². The van der Waals surface area contributed by atoms with Crippen molar-refractivity contribution in [3.8, 4) is 11.4 Å². The number of carbonyl (C=O) groups is 1. The standard InChI is InChI=1S/C21H21N3O2/c1-3-15-7-9-16(10-8-15)20-22-21(26-23-20)17-12-19(25)24(13-17)18-6-4-5-14(2)11-18/h4-11,17H,3,12-13H2,1-2H3. The number of hydrogen-bond donors (Lipinski definition) is 0. The van der Waals surface area contributed by atoms with Crippen molar-refractivity contribution in [2.75, 3.05) is 11.4 Å². The number of carbonyl (C=O) groups excluding carboxylic acids is 1. The van der Waals surface area contributed by atoms with Crippen LogP contribution in [0.3, 0.4) is 0 Å². The maximum Gasteiger partial charge on any atom is 0.232 e. The molecule has 5 nitrogen and oxygen atoms in total. The average molecular weight is 347 g/mol. The molecule has 1 unspecified atom stereocenters. The zero-order chi connectivity index (χ0) is 18.1. The molecule has 2 heterocycles. The fourth-order valence-electron chi connectivity index (χ4n) is 3.33. The maximum atomic E-state index is 12.5. The fraction of sp³-hybridized carbons (Fsp3) is 0.286. The van der Waals surface area contributed by atoms with E-state index in [1.54, 1.807) is 4.90 Å². The van der Waals surface area contributed by atoms with Crippen LogP contribution in [0, 0.1) is 6.92 Å². The summed E-state index contributed by atoms with van der Waals surface area (Å²) < 4.78 is 5.48. The summed E-state index contributed by atoms with van der Waals surface area (Å²) in [6.07, 6.45) is 1.39. The molecule has 132 valence electrons. The zero-order valence-corrected chi connectivity index (χ0v) is 15.0. The van der Waals surface area contributed by atoms with E-state index < -0.39 is 0 Å². The third kappa shape index (κ3) is 3.12. The van der Waals surface area contributed by atoms with Crippen LogP contribution in [0.4, 0.5) is 5.69 Å². The molecule has 4 rings (SSSR count). The molecule has 0 bridgehead atoms. The van der Waals surface area contributed by atoms with Crippen LogP contribution in [0.25, 0.3) is 11.4 Å². The summed E-state index contributed by atoms with van der Waals surface area (Å²) in [6, 6.07) is 16.1. The number of amides is 1. The second-order valence-corrected chi connectivity index (χ2v) is 6.75. The summed E-state index contributed by atoms with van der Waals surface area (Å²) >= 11 is 0. The largest absolute Gasteiger partial charge is 0.339 e. The van der Waals surface area contributed by atoms with E-state index >= 15 is 0 Å². The fourth-order valence-corrected chi connectivity index (χ4v) is 3.33. The van der Waals surface area contributed by atoms with Crippen LogP contribution in [0.15, 0.2) is 53.1 Å². The van der Waals surface area contributed by atoms with Gasteiger partial charge in [-0.05, 0) is 36.6 Å². The van der Waals surface area contributed by atoms with Crippen molar-refractivity contribution in [1.29, 1.82) is 0 Å². The molecule has 0 aliphatic carbocycles. The number of benzene rings is 2. The van der Waals surface area contributed by atoms with Crippen molar-refractivity contribution < 1.29 is 9.32 Å². The highest BCUT2D eigenvalue weighted by Gasteiger charge is 2.35. The van der Waals surface area contributed by atoms with Crippen molar-refractivity contribution in [3.63, 3.8) is 0 Å². The van der Waals surface area contributed by atoms with Gasteiger partial charge in [0.15, 0.2) is 0 Å².